The van der Waals surface area contributed by atoms with Gasteiger partial charge in [0.25, 0.3) is 0 Å². The van der Waals surface area contributed by atoms with Gasteiger partial charge in [-0.1, -0.05) is 25.4 Å². The monoisotopic (exact) mass is 366 g/mol. The maximum Gasteiger partial charge on any atom is 0.233 e. The molecule has 1 aromatic carbocycles. The minimum atomic E-state index is -3.80. The summed E-state index contributed by atoms with van der Waals surface area (Å²) in [5.74, 6) is 0.0430. The van der Waals surface area contributed by atoms with E-state index in [2.05, 4.69) is 4.72 Å². The van der Waals surface area contributed by atoms with E-state index in [1.54, 1.807) is 0 Å². The fourth-order valence-corrected chi connectivity index (χ4v) is 6.41. The number of rotatable bonds is 4. The van der Waals surface area contributed by atoms with Crippen LogP contribution < -0.4 is 4.72 Å². The molecule has 2 aliphatic carbocycles. The molecule has 2 atom stereocenters. The van der Waals surface area contributed by atoms with Crippen LogP contribution in [0.3, 0.4) is 0 Å². The minimum absolute atomic E-state index is 0.0423. The lowest BCUT2D eigenvalue weighted by molar-refractivity contribution is -0.128. The van der Waals surface area contributed by atoms with Crippen molar-refractivity contribution in [1.29, 1.82) is 5.26 Å². The van der Waals surface area contributed by atoms with E-state index in [1.165, 1.54) is 18.2 Å². The summed E-state index contributed by atoms with van der Waals surface area (Å²) in [6.45, 7) is 3.98. The molecule has 0 saturated heterocycles. The van der Waals surface area contributed by atoms with Crippen molar-refractivity contribution in [2.24, 2.45) is 16.7 Å². The van der Waals surface area contributed by atoms with Crippen molar-refractivity contribution >= 4 is 33.1 Å². The van der Waals surface area contributed by atoms with E-state index in [1.807, 2.05) is 19.9 Å². The van der Waals surface area contributed by atoms with Crippen LogP contribution in [0.25, 0.3) is 0 Å². The SMILES string of the molecule is CC1(C)[C@H]2CC[C@@]1(CS(=O)(=O)Nc1cc(Cl)ccc1C#N)C(=O)C2. The highest BCUT2D eigenvalue weighted by Gasteiger charge is 2.65. The minimum Gasteiger partial charge on any atom is -0.299 e. The number of hydrogen-bond donors (Lipinski definition) is 1. The molecule has 2 aliphatic rings. The van der Waals surface area contributed by atoms with Crippen molar-refractivity contribution < 1.29 is 13.2 Å². The topological polar surface area (TPSA) is 87.0 Å². The lowest BCUT2D eigenvalue weighted by Gasteiger charge is -2.36. The molecule has 0 radical (unpaired) electrons. The lowest BCUT2D eigenvalue weighted by Crippen LogP contribution is -2.43. The van der Waals surface area contributed by atoms with Crippen LogP contribution in [0.2, 0.25) is 5.02 Å². The zero-order valence-corrected chi connectivity index (χ0v) is 15.2. The summed E-state index contributed by atoms with van der Waals surface area (Å²) in [6.07, 6.45) is 1.95. The Morgan fingerprint density at radius 3 is 2.67 bits per heavy atom. The van der Waals surface area contributed by atoms with Gasteiger partial charge in [-0.15, -0.1) is 0 Å². The molecule has 0 spiro atoms. The highest BCUT2D eigenvalue weighted by Crippen LogP contribution is 2.64. The van der Waals surface area contributed by atoms with Gasteiger partial charge in [-0.25, -0.2) is 8.42 Å². The van der Waals surface area contributed by atoms with Gasteiger partial charge in [-0.05, 0) is 42.4 Å². The first kappa shape index (κ1) is 17.2. The summed E-state index contributed by atoms with van der Waals surface area (Å²) in [5.41, 5.74) is -0.818. The predicted octanol–water partition coefficient (Wildman–Crippen LogP) is 3.35. The number of nitrogens with zero attached hydrogens (tertiary/aromatic N) is 1. The lowest BCUT2D eigenvalue weighted by atomic mass is 9.70. The zero-order valence-electron chi connectivity index (χ0n) is 13.6. The molecule has 5 nitrogen and oxygen atoms in total. The molecule has 2 saturated carbocycles. The smallest absolute Gasteiger partial charge is 0.233 e. The average molecular weight is 367 g/mol. The van der Waals surface area contributed by atoms with Crippen LogP contribution in [0.1, 0.15) is 38.7 Å². The Balaban J connectivity index is 1.92. The number of nitriles is 1. The van der Waals surface area contributed by atoms with Crippen molar-refractivity contribution in [2.75, 3.05) is 10.5 Å². The van der Waals surface area contributed by atoms with Gasteiger partial charge < -0.3 is 0 Å². The van der Waals surface area contributed by atoms with Crippen LogP contribution in [0, 0.1) is 28.1 Å². The number of nitrogens with one attached hydrogen (secondary N) is 1. The van der Waals surface area contributed by atoms with E-state index in [0.717, 1.165) is 6.42 Å². The fraction of sp³-hybridized carbons (Fsp3) is 0.529. The predicted molar refractivity (Wildman–Crippen MR) is 92.1 cm³/mol. The summed E-state index contributed by atoms with van der Waals surface area (Å²) < 4.78 is 27.9. The summed E-state index contributed by atoms with van der Waals surface area (Å²) in [4.78, 5) is 12.5. The van der Waals surface area contributed by atoms with Crippen molar-refractivity contribution in [3.05, 3.63) is 28.8 Å². The Bertz CT molecular complexity index is 857. The van der Waals surface area contributed by atoms with Crippen molar-refractivity contribution in [2.45, 2.75) is 33.1 Å². The second-order valence-electron chi connectivity index (χ2n) is 7.33. The highest BCUT2D eigenvalue weighted by atomic mass is 35.5. The number of anilines is 1. The standard InChI is InChI=1S/C17H19ClN2O3S/c1-16(2)12-5-6-17(16,15(21)7-12)10-24(22,23)20-14-8-13(18)4-3-11(14)9-19/h3-4,8,12,20H,5-7,10H2,1-2H3/t12-,17+/m0/s1. The number of Topliss-reactive ketones (excluding diaryl/α,β-unsaturated/α-hetero) is 1. The molecular formula is C17H19ClN2O3S. The number of ketones is 1. The molecule has 3 rings (SSSR count). The second kappa shape index (κ2) is 5.47. The van der Waals surface area contributed by atoms with Gasteiger partial charge in [-0.2, -0.15) is 5.26 Å². The fourth-order valence-electron chi connectivity index (χ4n) is 4.33. The van der Waals surface area contributed by atoms with Gasteiger partial charge in [-0.3, -0.25) is 9.52 Å². The zero-order chi connectivity index (χ0) is 17.8. The van der Waals surface area contributed by atoms with Crippen LogP contribution in [0.5, 0.6) is 0 Å². The van der Waals surface area contributed by atoms with Crippen molar-refractivity contribution in [3.63, 3.8) is 0 Å². The molecule has 1 N–H and O–H groups in total. The number of sulfonamides is 1. The molecule has 24 heavy (non-hydrogen) atoms. The van der Waals surface area contributed by atoms with Crippen LogP contribution in [0.15, 0.2) is 18.2 Å². The highest BCUT2D eigenvalue weighted by molar-refractivity contribution is 7.92. The molecular weight excluding hydrogens is 348 g/mol. The normalized spacial score (nSPS) is 27.9. The molecule has 0 unspecified atom stereocenters. The molecule has 7 heteroatoms. The van der Waals surface area contributed by atoms with E-state index in [4.69, 9.17) is 16.9 Å². The van der Waals surface area contributed by atoms with Gasteiger partial charge in [0.15, 0.2) is 0 Å². The van der Waals surface area contributed by atoms with Crippen molar-refractivity contribution in [3.8, 4) is 6.07 Å². The van der Waals surface area contributed by atoms with E-state index in [9.17, 15) is 13.2 Å². The van der Waals surface area contributed by atoms with Crippen LogP contribution >= 0.6 is 11.6 Å². The maximum absolute atomic E-state index is 12.7. The van der Waals surface area contributed by atoms with Gasteiger partial charge in [0, 0.05) is 11.4 Å². The summed E-state index contributed by atoms with van der Waals surface area (Å²) in [7, 11) is -3.80. The van der Waals surface area contributed by atoms with Gasteiger partial charge in [0.2, 0.25) is 10.0 Å². The quantitative estimate of drug-likeness (QED) is 0.885. The number of hydrogen-bond acceptors (Lipinski definition) is 4. The Morgan fingerprint density at radius 2 is 2.12 bits per heavy atom. The van der Waals surface area contributed by atoms with Crippen LogP contribution in [0.4, 0.5) is 5.69 Å². The molecule has 128 valence electrons. The third kappa shape index (κ3) is 2.51. The molecule has 1 aromatic rings. The Morgan fingerprint density at radius 1 is 1.42 bits per heavy atom. The Hall–Kier alpha value is -1.58. The van der Waals surface area contributed by atoms with E-state index < -0.39 is 15.4 Å². The van der Waals surface area contributed by atoms with E-state index >= 15 is 0 Å². The third-order valence-electron chi connectivity index (χ3n) is 5.94. The largest absolute Gasteiger partial charge is 0.299 e. The third-order valence-corrected chi connectivity index (χ3v) is 7.58. The summed E-state index contributed by atoms with van der Waals surface area (Å²) >= 11 is 5.90. The van der Waals surface area contributed by atoms with Crippen LogP contribution in [-0.4, -0.2) is 20.0 Å². The number of benzene rings is 1. The summed E-state index contributed by atoms with van der Waals surface area (Å²) in [6, 6.07) is 6.35. The maximum atomic E-state index is 12.7. The number of fused-ring (bicyclic) bond motifs is 2. The first-order chi connectivity index (χ1) is 11.1. The van der Waals surface area contributed by atoms with E-state index in [0.29, 0.717) is 17.9 Å². The van der Waals surface area contributed by atoms with Gasteiger partial charge in [0.1, 0.15) is 11.9 Å². The van der Waals surface area contributed by atoms with Gasteiger partial charge >= 0.3 is 0 Å². The Labute approximate surface area is 147 Å². The van der Waals surface area contributed by atoms with Crippen molar-refractivity contribution in [1.82, 2.24) is 0 Å². The summed E-state index contributed by atoms with van der Waals surface area (Å²) in [5, 5.41) is 9.47. The number of halogens is 1. The van der Waals surface area contributed by atoms with Gasteiger partial charge in [0.05, 0.1) is 22.4 Å². The first-order valence-corrected chi connectivity index (χ1v) is 9.88. The molecule has 0 amide bonds. The van der Waals surface area contributed by atoms with Crippen LogP contribution in [-0.2, 0) is 14.8 Å². The Kier molecular flexibility index (Phi) is 3.93. The average Bonchev–Trinajstić information content (AvgIpc) is 2.80. The first-order valence-electron chi connectivity index (χ1n) is 7.85. The molecule has 2 bridgehead atoms. The molecule has 0 heterocycles. The van der Waals surface area contributed by atoms with E-state index in [-0.39, 0.29) is 34.1 Å². The molecule has 0 aliphatic heterocycles. The number of carbonyl (C=O) groups is 1. The molecule has 0 aromatic heterocycles. The number of carbonyl (C=O) groups excluding carboxylic acids is 1. The molecule has 2 fully saturated rings. The second-order valence-corrected chi connectivity index (χ2v) is 9.49.